The van der Waals surface area contributed by atoms with Crippen LogP contribution in [0.3, 0.4) is 0 Å². The molecule has 0 spiro atoms. The number of hydrogen-bond donors (Lipinski definition) is 1. The Labute approximate surface area is 192 Å². The predicted octanol–water partition coefficient (Wildman–Crippen LogP) is 5.42. The Kier molecular flexibility index (Phi) is 5.46. The number of nitrogens with zero attached hydrogens (tertiary/aromatic N) is 1. The third-order valence-electron chi connectivity index (χ3n) is 6.80. The molecule has 5 rings (SSSR count). The maximum atomic E-state index is 13.2. The third kappa shape index (κ3) is 3.58. The number of ketones is 1. The van der Waals surface area contributed by atoms with Crippen molar-refractivity contribution in [2.24, 2.45) is 0 Å². The van der Waals surface area contributed by atoms with Gasteiger partial charge in [-0.15, -0.1) is 0 Å². The Morgan fingerprint density at radius 2 is 1.78 bits per heavy atom. The molecule has 2 fully saturated rings. The molecule has 2 aliphatic heterocycles. The summed E-state index contributed by atoms with van der Waals surface area (Å²) in [5.41, 5.74) is 2.45. The molecular formula is C26H26ClNO4. The summed E-state index contributed by atoms with van der Waals surface area (Å²) < 4.78 is 5.76. The molecule has 2 aromatic carbocycles. The van der Waals surface area contributed by atoms with Crippen molar-refractivity contribution in [3.05, 3.63) is 69.8 Å². The summed E-state index contributed by atoms with van der Waals surface area (Å²) in [6.45, 7) is 2.00. The van der Waals surface area contributed by atoms with E-state index in [-0.39, 0.29) is 23.5 Å². The third-order valence-corrected chi connectivity index (χ3v) is 7.06. The van der Waals surface area contributed by atoms with Gasteiger partial charge in [0.2, 0.25) is 0 Å². The van der Waals surface area contributed by atoms with Crippen LogP contribution in [-0.2, 0) is 16.0 Å². The van der Waals surface area contributed by atoms with E-state index in [9.17, 15) is 14.7 Å². The molecule has 0 aromatic heterocycles. The number of rotatable bonds is 3. The topological polar surface area (TPSA) is 66.8 Å². The highest BCUT2D eigenvalue weighted by molar-refractivity contribution is 6.46. The van der Waals surface area contributed by atoms with Crippen molar-refractivity contribution in [2.75, 3.05) is 0 Å². The monoisotopic (exact) mass is 451 g/mol. The summed E-state index contributed by atoms with van der Waals surface area (Å²) in [5.74, 6) is -0.496. The second-order valence-electron chi connectivity index (χ2n) is 9.00. The first-order valence-corrected chi connectivity index (χ1v) is 11.7. The lowest BCUT2D eigenvalue weighted by atomic mass is 9.90. The lowest BCUT2D eigenvalue weighted by Gasteiger charge is -2.35. The Morgan fingerprint density at radius 3 is 2.50 bits per heavy atom. The SMILES string of the molecule is CC1Cc2cc(/C(O)=C3/C(=O)C(=O)N(C4CCCCC4)C3c3ccc(Cl)cc3)ccc2O1. The van der Waals surface area contributed by atoms with Crippen molar-refractivity contribution in [1.29, 1.82) is 0 Å². The van der Waals surface area contributed by atoms with Gasteiger partial charge in [0.1, 0.15) is 17.6 Å². The largest absolute Gasteiger partial charge is 0.507 e. The smallest absolute Gasteiger partial charge is 0.295 e. The van der Waals surface area contributed by atoms with Gasteiger partial charge in [-0.2, -0.15) is 0 Å². The van der Waals surface area contributed by atoms with Crippen LogP contribution in [0.15, 0.2) is 48.0 Å². The van der Waals surface area contributed by atoms with Gasteiger partial charge in [-0.3, -0.25) is 9.59 Å². The standard InChI is InChI=1S/C26H26ClNO4/c1-15-13-18-14-17(9-12-21(18)32-15)24(29)22-23(16-7-10-19(27)11-8-16)28(26(31)25(22)30)20-5-3-2-4-6-20/h7-12,14-15,20,23,29H,2-6,13H2,1H3/b24-22-. The Bertz CT molecular complexity index is 1100. The lowest BCUT2D eigenvalue weighted by Crippen LogP contribution is -2.40. The molecule has 0 bridgehead atoms. The first kappa shape index (κ1) is 21.1. The minimum atomic E-state index is -0.627. The Morgan fingerprint density at radius 1 is 1.06 bits per heavy atom. The molecule has 5 nitrogen and oxygen atoms in total. The van der Waals surface area contributed by atoms with Crippen LogP contribution in [0.1, 0.15) is 61.8 Å². The van der Waals surface area contributed by atoms with E-state index in [4.69, 9.17) is 16.3 Å². The van der Waals surface area contributed by atoms with Crippen LogP contribution in [-0.4, -0.2) is 33.8 Å². The second kappa shape index (κ2) is 8.28. The number of ether oxygens (including phenoxy) is 1. The Hall–Kier alpha value is -2.79. The summed E-state index contributed by atoms with van der Waals surface area (Å²) >= 11 is 6.10. The normalized spacial score (nSPS) is 25.1. The zero-order chi connectivity index (χ0) is 22.4. The molecule has 2 atom stereocenters. The zero-order valence-electron chi connectivity index (χ0n) is 18.0. The van der Waals surface area contributed by atoms with Crippen LogP contribution < -0.4 is 4.74 Å². The number of halogens is 1. The van der Waals surface area contributed by atoms with E-state index in [1.54, 1.807) is 23.1 Å². The molecular weight excluding hydrogens is 426 g/mol. The first-order chi connectivity index (χ1) is 15.4. The maximum absolute atomic E-state index is 13.2. The summed E-state index contributed by atoms with van der Waals surface area (Å²) in [5, 5.41) is 11.9. The van der Waals surface area contributed by atoms with E-state index in [0.717, 1.165) is 55.4 Å². The summed E-state index contributed by atoms with van der Waals surface area (Å²) in [7, 11) is 0. The van der Waals surface area contributed by atoms with Gasteiger partial charge in [0.25, 0.3) is 11.7 Å². The highest BCUT2D eigenvalue weighted by atomic mass is 35.5. The van der Waals surface area contributed by atoms with E-state index in [0.29, 0.717) is 10.6 Å². The van der Waals surface area contributed by atoms with E-state index >= 15 is 0 Å². The fourth-order valence-electron chi connectivity index (χ4n) is 5.28. The fourth-order valence-corrected chi connectivity index (χ4v) is 5.41. The van der Waals surface area contributed by atoms with Crippen molar-refractivity contribution >= 4 is 29.1 Å². The minimum absolute atomic E-state index is 0.0135. The average Bonchev–Trinajstić information content (AvgIpc) is 3.30. The van der Waals surface area contributed by atoms with E-state index in [1.807, 2.05) is 31.2 Å². The molecule has 2 heterocycles. The molecule has 2 aromatic rings. The van der Waals surface area contributed by atoms with Gasteiger partial charge in [0.15, 0.2) is 0 Å². The van der Waals surface area contributed by atoms with Gasteiger partial charge in [-0.1, -0.05) is 43.0 Å². The molecule has 166 valence electrons. The van der Waals surface area contributed by atoms with Crippen molar-refractivity contribution in [1.82, 2.24) is 4.90 Å². The van der Waals surface area contributed by atoms with Crippen LogP contribution in [0.2, 0.25) is 5.02 Å². The highest BCUT2D eigenvalue weighted by Crippen LogP contribution is 2.43. The van der Waals surface area contributed by atoms with E-state index in [2.05, 4.69) is 0 Å². The minimum Gasteiger partial charge on any atom is -0.507 e. The number of fused-ring (bicyclic) bond motifs is 1. The molecule has 3 aliphatic rings. The van der Waals surface area contributed by atoms with Gasteiger partial charge in [-0.25, -0.2) is 0 Å². The van der Waals surface area contributed by atoms with Crippen LogP contribution >= 0.6 is 11.6 Å². The molecule has 1 aliphatic carbocycles. The molecule has 0 radical (unpaired) electrons. The van der Waals surface area contributed by atoms with Crippen molar-refractivity contribution in [2.45, 2.75) is 63.6 Å². The van der Waals surface area contributed by atoms with Gasteiger partial charge >= 0.3 is 0 Å². The average molecular weight is 452 g/mol. The van der Waals surface area contributed by atoms with Crippen LogP contribution in [0.4, 0.5) is 0 Å². The quantitative estimate of drug-likeness (QED) is 0.384. The summed E-state index contributed by atoms with van der Waals surface area (Å²) in [4.78, 5) is 28.2. The molecule has 1 N–H and O–H groups in total. The van der Waals surface area contributed by atoms with Crippen molar-refractivity contribution in [3.8, 4) is 5.75 Å². The molecule has 1 saturated heterocycles. The van der Waals surface area contributed by atoms with Gasteiger partial charge in [0, 0.05) is 23.0 Å². The number of benzene rings is 2. The molecule has 1 amide bonds. The molecule has 1 saturated carbocycles. The maximum Gasteiger partial charge on any atom is 0.295 e. The number of hydrogen-bond acceptors (Lipinski definition) is 4. The summed E-state index contributed by atoms with van der Waals surface area (Å²) in [6, 6.07) is 12.0. The van der Waals surface area contributed by atoms with Crippen molar-refractivity contribution < 1.29 is 19.4 Å². The number of aliphatic hydroxyl groups is 1. The van der Waals surface area contributed by atoms with Crippen LogP contribution in [0.5, 0.6) is 5.75 Å². The van der Waals surface area contributed by atoms with Gasteiger partial charge in [0.05, 0.1) is 11.6 Å². The van der Waals surface area contributed by atoms with E-state index in [1.165, 1.54) is 0 Å². The van der Waals surface area contributed by atoms with Crippen LogP contribution in [0, 0.1) is 0 Å². The number of carbonyl (C=O) groups is 2. The van der Waals surface area contributed by atoms with Gasteiger partial charge < -0.3 is 14.7 Å². The molecule has 6 heteroatoms. The highest BCUT2D eigenvalue weighted by Gasteiger charge is 2.48. The van der Waals surface area contributed by atoms with Crippen LogP contribution in [0.25, 0.3) is 5.76 Å². The number of aliphatic hydroxyl groups excluding tert-OH is 1. The Balaban J connectivity index is 1.63. The predicted molar refractivity (Wildman–Crippen MR) is 123 cm³/mol. The summed E-state index contributed by atoms with van der Waals surface area (Å²) in [6.07, 6.45) is 5.76. The first-order valence-electron chi connectivity index (χ1n) is 11.3. The number of carbonyl (C=O) groups excluding carboxylic acids is 2. The number of amides is 1. The van der Waals surface area contributed by atoms with E-state index < -0.39 is 17.7 Å². The molecule has 32 heavy (non-hydrogen) atoms. The molecule has 2 unspecified atom stereocenters. The number of Topliss-reactive ketones (excluding diaryl/α,β-unsaturated/α-hetero) is 1. The van der Waals surface area contributed by atoms with Gasteiger partial charge in [-0.05, 0) is 61.2 Å². The second-order valence-corrected chi connectivity index (χ2v) is 9.44. The lowest BCUT2D eigenvalue weighted by molar-refractivity contribution is -0.141. The zero-order valence-corrected chi connectivity index (χ0v) is 18.8. The fraction of sp³-hybridized carbons (Fsp3) is 0.385. The number of likely N-dealkylation sites (tertiary alicyclic amines) is 1. The van der Waals surface area contributed by atoms with Crippen molar-refractivity contribution in [3.63, 3.8) is 0 Å².